The van der Waals surface area contributed by atoms with Crippen LogP contribution < -0.4 is 20.5 Å². The molecule has 0 saturated carbocycles. The highest BCUT2D eigenvalue weighted by molar-refractivity contribution is 6.34. The fraction of sp³-hybridized carbons (Fsp3) is 0.200. The molecular formula is C10H10N2O4. The number of amides is 2. The predicted octanol–water partition coefficient (Wildman–Crippen LogP) is -0.483. The molecule has 0 aliphatic carbocycles. The normalized spacial score (nSPS) is 12.2. The molecule has 0 aromatic heterocycles. The molecule has 1 heterocycles. The average molecular weight is 222 g/mol. The number of primary amides is 1. The van der Waals surface area contributed by atoms with E-state index in [0.717, 1.165) is 5.56 Å². The lowest BCUT2D eigenvalue weighted by molar-refractivity contribution is -0.137. The Balaban J connectivity index is 2.00. The van der Waals surface area contributed by atoms with Gasteiger partial charge in [-0.05, 0) is 17.7 Å². The lowest BCUT2D eigenvalue weighted by Crippen LogP contribution is -2.35. The summed E-state index contributed by atoms with van der Waals surface area (Å²) in [4.78, 5) is 21.4. The van der Waals surface area contributed by atoms with Crippen LogP contribution in [0.4, 0.5) is 0 Å². The van der Waals surface area contributed by atoms with Gasteiger partial charge in [0.2, 0.25) is 6.79 Å². The van der Waals surface area contributed by atoms with E-state index in [-0.39, 0.29) is 13.3 Å². The van der Waals surface area contributed by atoms with Gasteiger partial charge >= 0.3 is 11.8 Å². The third kappa shape index (κ3) is 2.05. The summed E-state index contributed by atoms with van der Waals surface area (Å²) in [5.41, 5.74) is 5.60. The van der Waals surface area contributed by atoms with Crippen molar-refractivity contribution in [3.8, 4) is 11.5 Å². The maximum atomic E-state index is 10.9. The molecule has 3 N–H and O–H groups in total. The first kappa shape index (κ1) is 10.3. The number of hydrogen-bond acceptors (Lipinski definition) is 4. The first-order valence-corrected chi connectivity index (χ1v) is 4.63. The molecule has 1 aromatic carbocycles. The van der Waals surface area contributed by atoms with Gasteiger partial charge in [-0.3, -0.25) is 9.59 Å². The second kappa shape index (κ2) is 4.09. The average Bonchev–Trinajstić information content (AvgIpc) is 2.72. The predicted molar refractivity (Wildman–Crippen MR) is 53.6 cm³/mol. The van der Waals surface area contributed by atoms with E-state index in [0.29, 0.717) is 11.5 Å². The Labute approximate surface area is 91.3 Å². The van der Waals surface area contributed by atoms with Crippen LogP contribution in [-0.4, -0.2) is 18.6 Å². The summed E-state index contributed by atoms with van der Waals surface area (Å²) >= 11 is 0. The van der Waals surface area contributed by atoms with Crippen molar-refractivity contribution in [2.24, 2.45) is 5.73 Å². The summed E-state index contributed by atoms with van der Waals surface area (Å²) in [6.45, 7) is 0.421. The summed E-state index contributed by atoms with van der Waals surface area (Å²) in [7, 11) is 0. The Morgan fingerprint density at radius 3 is 2.81 bits per heavy atom. The quantitative estimate of drug-likeness (QED) is 0.661. The Hall–Kier alpha value is -2.24. The number of fused-ring (bicyclic) bond motifs is 1. The molecule has 84 valence electrons. The van der Waals surface area contributed by atoms with Gasteiger partial charge in [-0.1, -0.05) is 6.07 Å². The van der Waals surface area contributed by atoms with E-state index < -0.39 is 11.8 Å². The molecule has 0 atom stereocenters. The second-order valence-electron chi connectivity index (χ2n) is 3.23. The van der Waals surface area contributed by atoms with Gasteiger partial charge < -0.3 is 20.5 Å². The molecule has 1 aromatic rings. The minimum Gasteiger partial charge on any atom is -0.454 e. The van der Waals surface area contributed by atoms with Crippen LogP contribution in [-0.2, 0) is 16.1 Å². The van der Waals surface area contributed by atoms with Gasteiger partial charge in [0.25, 0.3) is 0 Å². The van der Waals surface area contributed by atoms with Crippen molar-refractivity contribution in [3.05, 3.63) is 23.8 Å². The van der Waals surface area contributed by atoms with Crippen LogP contribution in [0, 0.1) is 0 Å². The Bertz CT molecular complexity index is 444. The topological polar surface area (TPSA) is 90.7 Å². The van der Waals surface area contributed by atoms with Crippen LogP contribution in [0.2, 0.25) is 0 Å². The van der Waals surface area contributed by atoms with E-state index in [1.165, 1.54) is 0 Å². The zero-order valence-corrected chi connectivity index (χ0v) is 8.36. The summed E-state index contributed by atoms with van der Waals surface area (Å²) < 4.78 is 10.3. The van der Waals surface area contributed by atoms with Gasteiger partial charge in [0, 0.05) is 6.54 Å². The maximum Gasteiger partial charge on any atom is 0.309 e. The van der Waals surface area contributed by atoms with E-state index >= 15 is 0 Å². The molecule has 6 nitrogen and oxygen atoms in total. The lowest BCUT2D eigenvalue weighted by Gasteiger charge is -2.03. The highest BCUT2D eigenvalue weighted by atomic mass is 16.7. The molecule has 0 spiro atoms. The maximum absolute atomic E-state index is 10.9. The smallest absolute Gasteiger partial charge is 0.309 e. The third-order valence-corrected chi connectivity index (χ3v) is 2.11. The summed E-state index contributed by atoms with van der Waals surface area (Å²) in [5.74, 6) is -0.505. The van der Waals surface area contributed by atoms with Crippen LogP contribution in [0.25, 0.3) is 0 Å². The highest BCUT2D eigenvalue weighted by Gasteiger charge is 2.14. The standard InChI is InChI=1S/C10H10N2O4/c11-9(13)10(14)12-4-6-1-2-7-8(3-6)16-5-15-7/h1-3H,4-5H2,(H2,11,13)(H,12,14). The van der Waals surface area contributed by atoms with Gasteiger partial charge in [0.1, 0.15) is 0 Å². The van der Waals surface area contributed by atoms with E-state index in [1.807, 2.05) is 0 Å². The molecular weight excluding hydrogens is 212 g/mol. The molecule has 0 unspecified atom stereocenters. The third-order valence-electron chi connectivity index (χ3n) is 2.11. The summed E-state index contributed by atoms with van der Waals surface area (Å²) in [5, 5.41) is 2.38. The van der Waals surface area contributed by atoms with Crippen LogP contribution in [0.3, 0.4) is 0 Å². The van der Waals surface area contributed by atoms with Crippen molar-refractivity contribution in [1.82, 2.24) is 5.32 Å². The number of ether oxygens (including phenoxy) is 2. The van der Waals surface area contributed by atoms with E-state index in [2.05, 4.69) is 5.32 Å². The molecule has 0 saturated heterocycles. The number of carbonyl (C=O) groups is 2. The Morgan fingerprint density at radius 2 is 2.06 bits per heavy atom. The Morgan fingerprint density at radius 1 is 1.31 bits per heavy atom. The van der Waals surface area contributed by atoms with E-state index in [9.17, 15) is 9.59 Å². The van der Waals surface area contributed by atoms with Crippen LogP contribution in [0.5, 0.6) is 11.5 Å². The SMILES string of the molecule is NC(=O)C(=O)NCc1ccc2c(c1)OCO2. The molecule has 1 aliphatic heterocycles. The summed E-state index contributed by atoms with van der Waals surface area (Å²) in [6, 6.07) is 5.26. The Kier molecular flexibility index (Phi) is 2.63. The molecule has 0 bridgehead atoms. The second-order valence-corrected chi connectivity index (χ2v) is 3.23. The highest BCUT2D eigenvalue weighted by Crippen LogP contribution is 2.32. The van der Waals surface area contributed by atoms with Crippen LogP contribution in [0.1, 0.15) is 5.56 Å². The minimum atomic E-state index is -0.999. The molecule has 0 fully saturated rings. The van der Waals surface area contributed by atoms with Crippen molar-refractivity contribution < 1.29 is 19.1 Å². The monoisotopic (exact) mass is 222 g/mol. The van der Waals surface area contributed by atoms with Gasteiger partial charge in [0.05, 0.1) is 0 Å². The molecule has 2 amide bonds. The van der Waals surface area contributed by atoms with Gasteiger partial charge in [0.15, 0.2) is 11.5 Å². The fourth-order valence-corrected chi connectivity index (χ4v) is 1.32. The number of rotatable bonds is 2. The molecule has 1 aliphatic rings. The van der Waals surface area contributed by atoms with Gasteiger partial charge in [-0.2, -0.15) is 0 Å². The number of benzene rings is 1. The number of carbonyl (C=O) groups excluding carboxylic acids is 2. The largest absolute Gasteiger partial charge is 0.454 e. The zero-order chi connectivity index (χ0) is 11.5. The van der Waals surface area contributed by atoms with Crippen molar-refractivity contribution >= 4 is 11.8 Å². The molecule has 0 radical (unpaired) electrons. The molecule has 16 heavy (non-hydrogen) atoms. The van der Waals surface area contributed by atoms with Crippen LogP contribution in [0.15, 0.2) is 18.2 Å². The van der Waals surface area contributed by atoms with Crippen molar-refractivity contribution in [1.29, 1.82) is 0 Å². The summed E-state index contributed by atoms with van der Waals surface area (Å²) in [6.07, 6.45) is 0. The number of hydrogen-bond donors (Lipinski definition) is 2. The van der Waals surface area contributed by atoms with Crippen LogP contribution >= 0.6 is 0 Å². The van der Waals surface area contributed by atoms with Gasteiger partial charge in [-0.15, -0.1) is 0 Å². The first-order valence-electron chi connectivity index (χ1n) is 4.63. The van der Waals surface area contributed by atoms with E-state index in [1.54, 1.807) is 18.2 Å². The molecule has 6 heteroatoms. The minimum absolute atomic E-state index is 0.201. The first-order chi connectivity index (χ1) is 7.66. The van der Waals surface area contributed by atoms with E-state index in [4.69, 9.17) is 15.2 Å². The number of nitrogens with two attached hydrogens (primary N) is 1. The molecule has 2 rings (SSSR count). The van der Waals surface area contributed by atoms with Crippen molar-refractivity contribution in [2.45, 2.75) is 6.54 Å². The van der Waals surface area contributed by atoms with Crippen molar-refractivity contribution in [3.63, 3.8) is 0 Å². The number of nitrogens with one attached hydrogen (secondary N) is 1. The van der Waals surface area contributed by atoms with Gasteiger partial charge in [-0.25, -0.2) is 0 Å². The fourth-order valence-electron chi connectivity index (χ4n) is 1.32. The van der Waals surface area contributed by atoms with Crippen molar-refractivity contribution in [2.75, 3.05) is 6.79 Å². The lowest BCUT2D eigenvalue weighted by atomic mass is 10.2. The zero-order valence-electron chi connectivity index (χ0n) is 8.36.